The number of rotatable bonds is 2. The molecule has 21 heavy (non-hydrogen) atoms. The molecule has 0 aliphatic rings. The van der Waals surface area contributed by atoms with Crippen molar-refractivity contribution in [2.24, 2.45) is 10.2 Å². The van der Waals surface area contributed by atoms with Crippen molar-refractivity contribution in [2.45, 2.75) is 4.90 Å². The second-order valence-corrected chi connectivity index (χ2v) is 5.79. The Balaban J connectivity index is 2.77. The van der Waals surface area contributed by atoms with E-state index in [2.05, 4.69) is 15.5 Å². The molecule has 0 aliphatic heterocycles. The largest absolute Gasteiger partial charge is 0.505 e. The number of hydrogen-bond acceptors (Lipinski definition) is 5. The van der Waals surface area contributed by atoms with E-state index in [1.807, 2.05) is 0 Å². The molecule has 0 aliphatic carbocycles. The van der Waals surface area contributed by atoms with Gasteiger partial charge in [0.05, 0.1) is 0 Å². The summed E-state index contributed by atoms with van der Waals surface area (Å²) in [5.41, 5.74) is -0.112. The first kappa shape index (κ1) is 15.3. The molecule has 0 aromatic heterocycles. The van der Waals surface area contributed by atoms with Crippen molar-refractivity contribution in [3.05, 3.63) is 30.3 Å². The van der Waals surface area contributed by atoms with Gasteiger partial charge in [0.2, 0.25) is 5.11 Å². The van der Waals surface area contributed by atoms with Crippen LogP contribution in [0.4, 0.5) is 5.69 Å². The number of azo groups is 1. The van der Waals surface area contributed by atoms with E-state index >= 15 is 0 Å². The summed E-state index contributed by atoms with van der Waals surface area (Å²) in [5.74, 6) is -0.249. The van der Waals surface area contributed by atoms with Gasteiger partial charge in [-0.3, -0.25) is 4.55 Å². The Morgan fingerprint density at radius 1 is 1.29 bits per heavy atom. The molecule has 0 bridgehead atoms. The third kappa shape index (κ3) is 3.15. The first-order chi connectivity index (χ1) is 9.84. The predicted molar refractivity (Wildman–Crippen MR) is 81.6 cm³/mol. The molecule has 2 rings (SSSR count). The number of aromatic hydroxyl groups is 1. The Bertz CT molecular complexity index is 847. The second-order valence-electron chi connectivity index (χ2n) is 4.02. The fourth-order valence-electron chi connectivity index (χ4n) is 1.75. The molecule has 7 nitrogen and oxygen atoms in total. The molecule has 0 spiro atoms. The first-order valence-electron chi connectivity index (χ1n) is 5.70. The fraction of sp³-hybridized carbons (Fsp3) is 0.0833. The average molecular weight is 325 g/mol. The van der Waals surface area contributed by atoms with Gasteiger partial charge < -0.3 is 10.4 Å². The summed E-state index contributed by atoms with van der Waals surface area (Å²) in [6, 6.07) is 7.23. The smallest absolute Gasteiger partial charge is 0.295 e. The Hall–Kier alpha value is -2.10. The van der Waals surface area contributed by atoms with Crippen LogP contribution in [0, 0.1) is 0 Å². The molecule has 0 saturated carbocycles. The van der Waals surface area contributed by atoms with Crippen LogP contribution in [0.3, 0.4) is 0 Å². The van der Waals surface area contributed by atoms with E-state index in [9.17, 15) is 18.1 Å². The van der Waals surface area contributed by atoms with Crippen molar-refractivity contribution in [1.82, 2.24) is 5.32 Å². The average Bonchev–Trinajstić information content (AvgIpc) is 2.45. The quantitative estimate of drug-likeness (QED) is 0.444. The molecule has 0 radical (unpaired) electrons. The summed E-state index contributed by atoms with van der Waals surface area (Å²) < 4.78 is 32.2. The van der Waals surface area contributed by atoms with Gasteiger partial charge >= 0.3 is 0 Å². The minimum absolute atomic E-state index is 0.0657. The molecule has 3 N–H and O–H groups in total. The minimum atomic E-state index is -4.47. The van der Waals surface area contributed by atoms with Crippen molar-refractivity contribution in [3.63, 3.8) is 0 Å². The lowest BCUT2D eigenvalue weighted by Crippen LogP contribution is -2.11. The molecule has 0 saturated heterocycles. The van der Waals surface area contributed by atoms with Gasteiger partial charge in [0.1, 0.15) is 10.6 Å². The fourth-order valence-corrected chi connectivity index (χ4v) is 2.51. The van der Waals surface area contributed by atoms with E-state index in [0.717, 1.165) is 6.07 Å². The van der Waals surface area contributed by atoms with Crippen LogP contribution in [-0.4, -0.2) is 30.2 Å². The maximum absolute atomic E-state index is 11.5. The molecule has 9 heteroatoms. The van der Waals surface area contributed by atoms with Crippen LogP contribution in [0.25, 0.3) is 10.8 Å². The minimum Gasteiger partial charge on any atom is -0.505 e. The van der Waals surface area contributed by atoms with Gasteiger partial charge in [-0.1, -0.05) is 24.3 Å². The number of phenolic OH excluding ortho intramolecular Hbond substituents is 1. The van der Waals surface area contributed by atoms with Crippen LogP contribution in [0.5, 0.6) is 5.75 Å². The Labute approximate surface area is 126 Å². The van der Waals surface area contributed by atoms with Crippen LogP contribution in [0.15, 0.2) is 45.5 Å². The highest BCUT2D eigenvalue weighted by atomic mass is 32.2. The third-order valence-corrected chi connectivity index (χ3v) is 3.88. The first-order valence-corrected chi connectivity index (χ1v) is 7.55. The van der Waals surface area contributed by atoms with E-state index < -0.39 is 10.1 Å². The van der Waals surface area contributed by atoms with Gasteiger partial charge in [-0.05, 0) is 18.3 Å². The van der Waals surface area contributed by atoms with Gasteiger partial charge in [-0.2, -0.15) is 8.42 Å². The molecule has 110 valence electrons. The van der Waals surface area contributed by atoms with E-state index in [-0.39, 0.29) is 32.2 Å². The monoisotopic (exact) mass is 325 g/mol. The number of nitrogens with zero attached hydrogens (tertiary/aromatic N) is 2. The van der Waals surface area contributed by atoms with Gasteiger partial charge in [0, 0.05) is 17.8 Å². The third-order valence-electron chi connectivity index (χ3n) is 2.70. The van der Waals surface area contributed by atoms with Crippen LogP contribution in [0.1, 0.15) is 0 Å². The molecular formula is C12H11N3O4S2. The summed E-state index contributed by atoms with van der Waals surface area (Å²) >= 11 is 4.78. The molecule has 2 aromatic carbocycles. The van der Waals surface area contributed by atoms with Crippen molar-refractivity contribution < 1.29 is 18.1 Å². The molecular weight excluding hydrogens is 314 g/mol. The van der Waals surface area contributed by atoms with E-state index in [4.69, 9.17) is 12.2 Å². The van der Waals surface area contributed by atoms with Crippen molar-refractivity contribution >= 4 is 43.9 Å². The second kappa shape index (κ2) is 5.72. The topological polar surface area (TPSA) is 111 Å². The van der Waals surface area contributed by atoms with Crippen LogP contribution in [0.2, 0.25) is 0 Å². The lowest BCUT2D eigenvalue weighted by Gasteiger charge is -2.08. The van der Waals surface area contributed by atoms with E-state index in [1.165, 1.54) is 12.1 Å². The van der Waals surface area contributed by atoms with E-state index in [0.29, 0.717) is 0 Å². The normalized spacial score (nSPS) is 11.9. The zero-order valence-corrected chi connectivity index (χ0v) is 12.4. The summed E-state index contributed by atoms with van der Waals surface area (Å²) in [7, 11) is -2.93. The summed E-state index contributed by atoms with van der Waals surface area (Å²) in [4.78, 5) is -0.361. The summed E-state index contributed by atoms with van der Waals surface area (Å²) in [6.45, 7) is 0. The zero-order valence-electron chi connectivity index (χ0n) is 10.8. The highest BCUT2D eigenvalue weighted by Gasteiger charge is 2.19. The van der Waals surface area contributed by atoms with Gasteiger partial charge in [0.15, 0.2) is 5.75 Å². The predicted octanol–water partition coefficient (Wildman–Crippen LogP) is 2.38. The number of nitrogens with one attached hydrogen (secondary N) is 1. The summed E-state index contributed by atoms with van der Waals surface area (Å²) in [5, 5.41) is 20.5. The summed E-state index contributed by atoms with van der Waals surface area (Å²) in [6.07, 6.45) is 0. The standard InChI is InChI=1S/C12H11N3O4S2/c1-13-12(20)15-14-9-6-10(21(17,18)19)7-4-2-3-5-8(7)11(9)16/h2-6,16H,1H3,(H,13,20)(H,17,18,19). The highest BCUT2D eigenvalue weighted by Crippen LogP contribution is 2.38. The number of thiocarbonyl (C=S) groups is 1. The van der Waals surface area contributed by atoms with Crippen LogP contribution >= 0.6 is 12.2 Å². The Morgan fingerprint density at radius 3 is 2.48 bits per heavy atom. The van der Waals surface area contributed by atoms with Crippen molar-refractivity contribution in [1.29, 1.82) is 0 Å². The van der Waals surface area contributed by atoms with Gasteiger partial charge in [-0.15, -0.1) is 10.2 Å². The van der Waals surface area contributed by atoms with Crippen LogP contribution < -0.4 is 5.32 Å². The number of benzene rings is 2. The van der Waals surface area contributed by atoms with Gasteiger partial charge in [0.25, 0.3) is 10.1 Å². The lowest BCUT2D eigenvalue weighted by atomic mass is 10.1. The Morgan fingerprint density at radius 2 is 1.90 bits per heavy atom. The lowest BCUT2D eigenvalue weighted by molar-refractivity contribution is 0.480. The Kier molecular flexibility index (Phi) is 4.16. The zero-order chi connectivity index (χ0) is 15.6. The number of phenols is 1. The molecule has 0 fully saturated rings. The molecule has 0 amide bonds. The molecule has 0 unspecified atom stereocenters. The van der Waals surface area contributed by atoms with Crippen molar-refractivity contribution in [2.75, 3.05) is 7.05 Å². The maximum atomic E-state index is 11.5. The van der Waals surface area contributed by atoms with Crippen LogP contribution in [-0.2, 0) is 10.1 Å². The maximum Gasteiger partial charge on any atom is 0.295 e. The van der Waals surface area contributed by atoms with Crippen molar-refractivity contribution in [3.8, 4) is 5.75 Å². The number of hydrogen-bond donors (Lipinski definition) is 3. The van der Waals surface area contributed by atoms with E-state index in [1.54, 1.807) is 19.2 Å². The molecule has 2 aromatic rings. The molecule has 0 heterocycles. The van der Waals surface area contributed by atoms with Gasteiger partial charge in [-0.25, -0.2) is 0 Å². The SMILES string of the molecule is CNC(=S)N=Nc1cc(S(=O)(=O)O)c2ccccc2c1O. The highest BCUT2D eigenvalue weighted by molar-refractivity contribution is 7.86. The molecule has 0 atom stereocenters. The number of fused-ring (bicyclic) bond motifs is 1.